The van der Waals surface area contributed by atoms with Crippen molar-refractivity contribution in [2.75, 3.05) is 0 Å². The minimum atomic E-state index is 0.671. The maximum Gasteiger partial charge on any atom is 0.0457 e. The molecular formula is C17H26N2. The molecule has 0 aliphatic heterocycles. The highest BCUT2D eigenvalue weighted by Gasteiger charge is 2.06. The minimum absolute atomic E-state index is 0.671. The molecule has 2 heteroatoms. The largest absolute Gasteiger partial charge is 0.361 e. The zero-order valence-electron chi connectivity index (χ0n) is 12.2. The first-order chi connectivity index (χ1) is 9.33. The second kappa shape index (κ2) is 7.34. The number of hydrogen-bond acceptors (Lipinski definition) is 1. The first-order valence-electron chi connectivity index (χ1n) is 7.63. The predicted molar refractivity (Wildman–Crippen MR) is 83.4 cm³/mol. The lowest BCUT2D eigenvalue weighted by molar-refractivity contribution is 0.434. The fourth-order valence-electron chi connectivity index (χ4n) is 2.61. The third-order valence-corrected chi connectivity index (χ3v) is 3.76. The van der Waals surface area contributed by atoms with Crippen LogP contribution >= 0.6 is 0 Å². The van der Waals surface area contributed by atoms with Crippen LogP contribution in [0.25, 0.3) is 10.9 Å². The molecule has 0 fully saturated rings. The van der Waals surface area contributed by atoms with Crippen molar-refractivity contribution < 1.29 is 0 Å². The zero-order chi connectivity index (χ0) is 13.5. The van der Waals surface area contributed by atoms with Crippen LogP contribution in [0.5, 0.6) is 0 Å². The van der Waals surface area contributed by atoms with Crippen LogP contribution in [0.2, 0.25) is 0 Å². The topological polar surface area (TPSA) is 27.8 Å². The van der Waals surface area contributed by atoms with Crippen LogP contribution in [0.15, 0.2) is 30.5 Å². The molecule has 2 N–H and O–H groups in total. The molecule has 1 aromatic carbocycles. The number of rotatable bonds is 8. The van der Waals surface area contributed by atoms with E-state index in [-0.39, 0.29) is 0 Å². The second-order valence-electron chi connectivity index (χ2n) is 5.41. The van der Waals surface area contributed by atoms with E-state index in [1.807, 2.05) is 6.20 Å². The van der Waals surface area contributed by atoms with Crippen LogP contribution in [0.1, 0.15) is 51.5 Å². The summed E-state index contributed by atoms with van der Waals surface area (Å²) >= 11 is 0. The molecule has 0 spiro atoms. The summed E-state index contributed by atoms with van der Waals surface area (Å²) in [5.41, 5.74) is 2.60. The lowest BCUT2D eigenvalue weighted by Crippen LogP contribution is -2.28. The van der Waals surface area contributed by atoms with Crippen molar-refractivity contribution in [2.45, 2.75) is 58.5 Å². The van der Waals surface area contributed by atoms with Gasteiger partial charge < -0.3 is 10.3 Å². The smallest absolute Gasteiger partial charge is 0.0457 e. The molecule has 2 aromatic rings. The molecule has 0 saturated heterocycles. The number of unbranched alkanes of at least 4 members (excludes halogenated alkanes) is 1. The van der Waals surface area contributed by atoms with Gasteiger partial charge in [0.25, 0.3) is 0 Å². The van der Waals surface area contributed by atoms with E-state index in [9.17, 15) is 0 Å². The second-order valence-corrected chi connectivity index (χ2v) is 5.41. The van der Waals surface area contributed by atoms with Gasteiger partial charge in [-0.25, -0.2) is 0 Å². The van der Waals surface area contributed by atoms with E-state index in [1.165, 1.54) is 48.6 Å². The van der Waals surface area contributed by atoms with Gasteiger partial charge in [-0.2, -0.15) is 0 Å². The molecule has 1 atom stereocenters. The molecule has 1 unspecified atom stereocenters. The maximum atomic E-state index is 3.71. The Morgan fingerprint density at radius 2 is 2.00 bits per heavy atom. The Bertz CT molecular complexity index is 487. The summed E-state index contributed by atoms with van der Waals surface area (Å²) in [6.45, 7) is 5.51. The number of H-pyrrole nitrogens is 1. The van der Waals surface area contributed by atoms with Crippen molar-refractivity contribution >= 4 is 10.9 Å². The van der Waals surface area contributed by atoms with Gasteiger partial charge in [0, 0.05) is 24.3 Å². The van der Waals surface area contributed by atoms with Crippen LogP contribution in [0.3, 0.4) is 0 Å². The summed E-state index contributed by atoms with van der Waals surface area (Å²) in [6.07, 6.45) is 8.46. The first-order valence-corrected chi connectivity index (χ1v) is 7.63. The molecule has 2 nitrogen and oxygen atoms in total. The first kappa shape index (κ1) is 14.1. The third kappa shape index (κ3) is 4.10. The molecule has 1 heterocycles. The summed E-state index contributed by atoms with van der Waals surface area (Å²) in [5.74, 6) is 0. The van der Waals surface area contributed by atoms with Crippen LogP contribution in [-0.4, -0.2) is 11.0 Å². The molecule has 0 bridgehead atoms. The Morgan fingerprint density at radius 3 is 2.79 bits per heavy atom. The number of hydrogen-bond donors (Lipinski definition) is 2. The fourth-order valence-corrected chi connectivity index (χ4v) is 2.61. The Labute approximate surface area is 116 Å². The maximum absolute atomic E-state index is 3.71. The van der Waals surface area contributed by atoms with Crippen LogP contribution in [0, 0.1) is 0 Å². The van der Waals surface area contributed by atoms with Gasteiger partial charge in [0.1, 0.15) is 0 Å². The van der Waals surface area contributed by atoms with Crippen molar-refractivity contribution in [3.8, 4) is 0 Å². The fraction of sp³-hybridized carbons (Fsp3) is 0.529. The average molecular weight is 258 g/mol. The average Bonchev–Trinajstić information content (AvgIpc) is 2.89. The quantitative estimate of drug-likeness (QED) is 0.710. The van der Waals surface area contributed by atoms with Gasteiger partial charge in [-0.1, -0.05) is 45.2 Å². The molecule has 19 heavy (non-hydrogen) atoms. The summed E-state index contributed by atoms with van der Waals surface area (Å²) < 4.78 is 0. The Balaban J connectivity index is 1.91. The molecule has 0 aliphatic rings. The van der Waals surface area contributed by atoms with Crippen LogP contribution < -0.4 is 5.32 Å². The molecule has 104 valence electrons. The standard InChI is InChI=1S/C17H26N2/c1-3-5-7-16(6-4-2)19-13-14-8-9-15-10-11-18-17(15)12-14/h8-12,16,18-19H,3-7,13H2,1-2H3. The van der Waals surface area contributed by atoms with Crippen molar-refractivity contribution in [1.82, 2.24) is 10.3 Å². The number of nitrogens with one attached hydrogen (secondary N) is 2. The molecule has 1 aromatic heterocycles. The van der Waals surface area contributed by atoms with Crippen molar-refractivity contribution in [3.63, 3.8) is 0 Å². The van der Waals surface area contributed by atoms with Crippen molar-refractivity contribution in [1.29, 1.82) is 0 Å². The van der Waals surface area contributed by atoms with Crippen molar-refractivity contribution in [2.24, 2.45) is 0 Å². The highest BCUT2D eigenvalue weighted by Crippen LogP contribution is 2.15. The Kier molecular flexibility index (Phi) is 5.46. The number of aromatic amines is 1. The monoisotopic (exact) mass is 258 g/mol. The molecule has 0 aliphatic carbocycles. The molecule has 0 amide bonds. The molecular weight excluding hydrogens is 232 g/mol. The minimum Gasteiger partial charge on any atom is -0.361 e. The van der Waals surface area contributed by atoms with Crippen molar-refractivity contribution in [3.05, 3.63) is 36.0 Å². The van der Waals surface area contributed by atoms with Gasteiger partial charge >= 0.3 is 0 Å². The Morgan fingerprint density at radius 1 is 1.11 bits per heavy atom. The lowest BCUT2D eigenvalue weighted by atomic mass is 10.0. The highest BCUT2D eigenvalue weighted by atomic mass is 14.9. The molecule has 2 rings (SSSR count). The lowest BCUT2D eigenvalue weighted by Gasteiger charge is -2.18. The summed E-state index contributed by atoms with van der Waals surface area (Å²) in [7, 11) is 0. The Hall–Kier alpha value is -1.28. The summed E-state index contributed by atoms with van der Waals surface area (Å²) in [5, 5.41) is 5.01. The normalized spacial score (nSPS) is 12.9. The zero-order valence-corrected chi connectivity index (χ0v) is 12.2. The predicted octanol–water partition coefficient (Wildman–Crippen LogP) is 4.62. The van der Waals surface area contributed by atoms with E-state index in [4.69, 9.17) is 0 Å². The van der Waals surface area contributed by atoms with Gasteiger partial charge in [0.15, 0.2) is 0 Å². The highest BCUT2D eigenvalue weighted by molar-refractivity contribution is 5.79. The third-order valence-electron chi connectivity index (χ3n) is 3.76. The van der Waals surface area contributed by atoms with E-state index in [1.54, 1.807) is 0 Å². The van der Waals surface area contributed by atoms with Gasteiger partial charge in [0.05, 0.1) is 0 Å². The van der Waals surface area contributed by atoms with E-state index >= 15 is 0 Å². The van der Waals surface area contributed by atoms with E-state index in [0.29, 0.717) is 6.04 Å². The van der Waals surface area contributed by atoms with Gasteiger partial charge in [-0.15, -0.1) is 0 Å². The van der Waals surface area contributed by atoms with Gasteiger partial charge in [-0.05, 0) is 35.9 Å². The number of aromatic nitrogens is 1. The summed E-state index contributed by atoms with van der Waals surface area (Å²) in [6, 6.07) is 9.47. The van der Waals surface area contributed by atoms with Crippen LogP contribution in [-0.2, 0) is 6.54 Å². The number of benzene rings is 1. The number of fused-ring (bicyclic) bond motifs is 1. The summed E-state index contributed by atoms with van der Waals surface area (Å²) in [4.78, 5) is 3.28. The van der Waals surface area contributed by atoms with Gasteiger partial charge in [0.2, 0.25) is 0 Å². The van der Waals surface area contributed by atoms with Gasteiger partial charge in [-0.3, -0.25) is 0 Å². The molecule has 0 radical (unpaired) electrons. The molecule has 0 saturated carbocycles. The SMILES string of the molecule is CCCCC(CCC)NCc1ccc2cc[nH]c2c1. The van der Waals surface area contributed by atoms with Crippen LogP contribution in [0.4, 0.5) is 0 Å². The van der Waals surface area contributed by atoms with E-state index in [0.717, 1.165) is 6.54 Å². The van der Waals surface area contributed by atoms with E-state index < -0.39 is 0 Å². The van der Waals surface area contributed by atoms with E-state index in [2.05, 4.69) is 48.4 Å².